The number of aromatic amines is 1. The molecule has 0 spiro atoms. The standard InChI is InChI=1S/C13H22N2O3S/c1-13(2)4-3-6-15(7-5-13)19(17,18)12-8-11(10-16)14-9-12/h8-9,14,16H,3-7,10H2,1-2H3. The van der Waals surface area contributed by atoms with Crippen LogP contribution in [0.2, 0.25) is 0 Å². The summed E-state index contributed by atoms with van der Waals surface area (Å²) >= 11 is 0. The van der Waals surface area contributed by atoms with Crippen molar-refractivity contribution in [1.29, 1.82) is 0 Å². The maximum Gasteiger partial charge on any atom is 0.244 e. The molecule has 1 fully saturated rings. The average molecular weight is 286 g/mol. The van der Waals surface area contributed by atoms with E-state index in [4.69, 9.17) is 5.11 Å². The molecular weight excluding hydrogens is 264 g/mol. The van der Waals surface area contributed by atoms with Gasteiger partial charge in [0.15, 0.2) is 0 Å². The van der Waals surface area contributed by atoms with Gasteiger partial charge in [-0.05, 0) is 30.7 Å². The predicted molar refractivity (Wildman–Crippen MR) is 73.1 cm³/mol. The van der Waals surface area contributed by atoms with E-state index in [1.165, 1.54) is 12.3 Å². The highest BCUT2D eigenvalue weighted by Crippen LogP contribution is 2.31. The molecule has 0 radical (unpaired) electrons. The Morgan fingerprint density at radius 3 is 2.74 bits per heavy atom. The zero-order chi connectivity index (χ0) is 14.1. The molecule has 19 heavy (non-hydrogen) atoms. The van der Waals surface area contributed by atoms with Crippen molar-refractivity contribution in [1.82, 2.24) is 9.29 Å². The van der Waals surface area contributed by atoms with Crippen molar-refractivity contribution in [2.24, 2.45) is 5.41 Å². The van der Waals surface area contributed by atoms with Crippen LogP contribution in [0.4, 0.5) is 0 Å². The quantitative estimate of drug-likeness (QED) is 0.888. The third-order valence-corrected chi connectivity index (χ3v) is 5.70. The molecule has 6 heteroatoms. The number of aliphatic hydroxyl groups excluding tert-OH is 1. The van der Waals surface area contributed by atoms with Crippen molar-refractivity contribution in [2.75, 3.05) is 13.1 Å². The van der Waals surface area contributed by atoms with E-state index in [1.807, 2.05) is 0 Å². The number of hydrogen-bond acceptors (Lipinski definition) is 3. The number of nitrogens with zero attached hydrogens (tertiary/aromatic N) is 1. The van der Waals surface area contributed by atoms with Crippen LogP contribution in [-0.4, -0.2) is 35.9 Å². The molecule has 0 aliphatic carbocycles. The summed E-state index contributed by atoms with van der Waals surface area (Å²) in [5.74, 6) is 0. The predicted octanol–water partition coefficient (Wildman–Crippen LogP) is 1.71. The first-order chi connectivity index (χ1) is 8.85. The number of H-pyrrole nitrogens is 1. The van der Waals surface area contributed by atoms with Gasteiger partial charge in [0, 0.05) is 25.0 Å². The maximum atomic E-state index is 12.5. The Labute approximate surface area is 114 Å². The topological polar surface area (TPSA) is 73.4 Å². The van der Waals surface area contributed by atoms with E-state index in [2.05, 4.69) is 18.8 Å². The highest BCUT2D eigenvalue weighted by atomic mass is 32.2. The van der Waals surface area contributed by atoms with Crippen molar-refractivity contribution < 1.29 is 13.5 Å². The first-order valence-electron chi connectivity index (χ1n) is 6.63. The van der Waals surface area contributed by atoms with Gasteiger partial charge < -0.3 is 10.1 Å². The smallest absolute Gasteiger partial charge is 0.244 e. The van der Waals surface area contributed by atoms with Crippen LogP contribution >= 0.6 is 0 Å². The molecule has 1 aliphatic rings. The first-order valence-corrected chi connectivity index (χ1v) is 8.07. The molecule has 0 aromatic carbocycles. The zero-order valence-electron chi connectivity index (χ0n) is 11.5. The van der Waals surface area contributed by atoms with E-state index in [0.29, 0.717) is 18.8 Å². The Bertz CT molecular complexity index is 534. The highest BCUT2D eigenvalue weighted by molar-refractivity contribution is 7.89. The Morgan fingerprint density at radius 2 is 2.11 bits per heavy atom. The van der Waals surface area contributed by atoms with Gasteiger partial charge in [-0.25, -0.2) is 8.42 Å². The minimum absolute atomic E-state index is 0.178. The van der Waals surface area contributed by atoms with Gasteiger partial charge in [0.05, 0.1) is 11.5 Å². The number of nitrogens with one attached hydrogen (secondary N) is 1. The Balaban J connectivity index is 2.20. The lowest BCUT2D eigenvalue weighted by Gasteiger charge is -2.22. The lowest BCUT2D eigenvalue weighted by Crippen LogP contribution is -2.32. The summed E-state index contributed by atoms with van der Waals surface area (Å²) in [4.78, 5) is 3.02. The van der Waals surface area contributed by atoms with Gasteiger partial charge in [0.1, 0.15) is 0 Å². The molecule has 0 bridgehead atoms. The van der Waals surface area contributed by atoms with Crippen molar-refractivity contribution in [3.05, 3.63) is 18.0 Å². The first kappa shape index (κ1) is 14.6. The molecule has 1 aliphatic heterocycles. The molecule has 0 atom stereocenters. The summed E-state index contributed by atoms with van der Waals surface area (Å²) in [5, 5.41) is 9.00. The molecule has 1 saturated heterocycles. The minimum atomic E-state index is -3.43. The minimum Gasteiger partial charge on any atom is -0.390 e. The normalized spacial score (nSPS) is 21.2. The summed E-state index contributed by atoms with van der Waals surface area (Å²) in [6.45, 7) is 5.33. The fourth-order valence-corrected chi connectivity index (χ4v) is 3.94. The van der Waals surface area contributed by atoms with Gasteiger partial charge in [-0.15, -0.1) is 0 Å². The van der Waals surface area contributed by atoms with Crippen LogP contribution in [0, 0.1) is 5.41 Å². The van der Waals surface area contributed by atoms with E-state index in [0.717, 1.165) is 19.3 Å². The average Bonchev–Trinajstić information content (AvgIpc) is 2.75. The molecular formula is C13H22N2O3S. The van der Waals surface area contributed by atoms with E-state index in [9.17, 15) is 8.42 Å². The van der Waals surface area contributed by atoms with E-state index < -0.39 is 10.0 Å². The number of aliphatic hydroxyl groups is 1. The zero-order valence-corrected chi connectivity index (χ0v) is 12.3. The van der Waals surface area contributed by atoms with Gasteiger partial charge in [0.25, 0.3) is 0 Å². The summed E-state index contributed by atoms with van der Waals surface area (Å²) < 4.78 is 26.6. The summed E-state index contributed by atoms with van der Waals surface area (Å²) in [7, 11) is -3.43. The van der Waals surface area contributed by atoms with Crippen LogP contribution in [0.5, 0.6) is 0 Å². The summed E-state index contributed by atoms with van der Waals surface area (Å²) in [5.41, 5.74) is 0.729. The number of rotatable bonds is 3. The summed E-state index contributed by atoms with van der Waals surface area (Å²) in [6, 6.07) is 1.51. The van der Waals surface area contributed by atoms with Gasteiger partial charge in [-0.1, -0.05) is 13.8 Å². The van der Waals surface area contributed by atoms with Gasteiger partial charge in [0.2, 0.25) is 10.0 Å². The van der Waals surface area contributed by atoms with E-state index >= 15 is 0 Å². The number of sulfonamides is 1. The van der Waals surface area contributed by atoms with Crippen molar-refractivity contribution in [3.63, 3.8) is 0 Å². The second-order valence-electron chi connectivity index (χ2n) is 5.94. The molecule has 5 nitrogen and oxygen atoms in total. The molecule has 2 heterocycles. The monoisotopic (exact) mass is 286 g/mol. The van der Waals surface area contributed by atoms with Crippen molar-refractivity contribution in [2.45, 2.75) is 44.6 Å². The van der Waals surface area contributed by atoms with Gasteiger partial charge in [-0.2, -0.15) is 4.31 Å². The SMILES string of the molecule is CC1(C)CCCN(S(=O)(=O)c2c[nH]c(CO)c2)CC1. The van der Waals surface area contributed by atoms with Crippen LogP contribution in [0.3, 0.4) is 0 Å². The Kier molecular flexibility index (Phi) is 4.03. The van der Waals surface area contributed by atoms with Gasteiger partial charge in [-0.3, -0.25) is 0 Å². The van der Waals surface area contributed by atoms with Crippen LogP contribution in [0.1, 0.15) is 38.8 Å². The molecule has 0 saturated carbocycles. The molecule has 2 N–H and O–H groups in total. The highest BCUT2D eigenvalue weighted by Gasteiger charge is 2.30. The second-order valence-corrected chi connectivity index (χ2v) is 7.88. The van der Waals surface area contributed by atoms with E-state index in [-0.39, 0.29) is 16.9 Å². The molecule has 1 aromatic heterocycles. The number of hydrogen-bond donors (Lipinski definition) is 2. The lowest BCUT2D eigenvalue weighted by molar-refractivity contribution is 0.277. The Morgan fingerprint density at radius 1 is 1.37 bits per heavy atom. The van der Waals surface area contributed by atoms with Crippen LogP contribution in [-0.2, 0) is 16.6 Å². The van der Waals surface area contributed by atoms with Crippen molar-refractivity contribution in [3.8, 4) is 0 Å². The Hall–Kier alpha value is -0.850. The fourth-order valence-electron chi connectivity index (χ4n) is 2.45. The van der Waals surface area contributed by atoms with E-state index in [1.54, 1.807) is 4.31 Å². The molecule has 2 rings (SSSR count). The third kappa shape index (κ3) is 3.19. The fraction of sp³-hybridized carbons (Fsp3) is 0.692. The van der Waals surface area contributed by atoms with Crippen LogP contribution in [0.25, 0.3) is 0 Å². The largest absolute Gasteiger partial charge is 0.390 e. The van der Waals surface area contributed by atoms with Gasteiger partial charge >= 0.3 is 0 Å². The van der Waals surface area contributed by atoms with Crippen molar-refractivity contribution >= 4 is 10.0 Å². The lowest BCUT2D eigenvalue weighted by atomic mass is 9.85. The molecule has 1 aromatic rings. The third-order valence-electron chi connectivity index (χ3n) is 3.82. The molecule has 108 valence electrons. The number of aromatic nitrogens is 1. The maximum absolute atomic E-state index is 12.5. The summed E-state index contributed by atoms with van der Waals surface area (Å²) in [6.07, 6.45) is 4.28. The van der Waals surface area contributed by atoms with Crippen LogP contribution in [0.15, 0.2) is 17.2 Å². The van der Waals surface area contributed by atoms with Crippen LogP contribution < -0.4 is 0 Å². The molecule has 0 amide bonds. The molecule has 0 unspecified atom stereocenters. The second kappa shape index (κ2) is 5.26.